The fraction of sp³-hybridized carbons (Fsp3) is 0.273. The lowest BCUT2D eigenvalue weighted by Crippen LogP contribution is -2.35. The van der Waals surface area contributed by atoms with E-state index in [-0.39, 0.29) is 18.4 Å². The lowest BCUT2D eigenvalue weighted by molar-refractivity contribution is -0.114. The van der Waals surface area contributed by atoms with Gasteiger partial charge in [0.1, 0.15) is 11.3 Å². The highest BCUT2D eigenvalue weighted by Gasteiger charge is 2.40. The Morgan fingerprint density at radius 2 is 1.86 bits per heavy atom. The third-order valence-electron chi connectivity index (χ3n) is 5.34. The molecule has 6 nitrogen and oxygen atoms in total. The van der Waals surface area contributed by atoms with Crippen molar-refractivity contribution in [3.63, 3.8) is 0 Å². The van der Waals surface area contributed by atoms with E-state index in [0.717, 1.165) is 22.0 Å². The maximum atomic E-state index is 13.2. The van der Waals surface area contributed by atoms with Crippen LogP contribution in [0.1, 0.15) is 35.0 Å². The minimum atomic E-state index is -1.07. The number of amides is 2. The van der Waals surface area contributed by atoms with E-state index in [9.17, 15) is 14.7 Å². The number of rotatable bonds is 3. The molecule has 4 rings (SSSR count). The average Bonchev–Trinajstić information content (AvgIpc) is 3.24. The molecule has 1 aliphatic heterocycles. The predicted molar refractivity (Wildman–Crippen MR) is 108 cm³/mol. The van der Waals surface area contributed by atoms with Gasteiger partial charge in [-0.3, -0.25) is 9.59 Å². The summed E-state index contributed by atoms with van der Waals surface area (Å²) in [6.45, 7) is 4.07. The maximum Gasteiger partial charge on any atom is 0.272 e. The van der Waals surface area contributed by atoms with Gasteiger partial charge in [-0.2, -0.15) is 0 Å². The van der Waals surface area contributed by atoms with Crippen LogP contribution in [0.4, 0.5) is 5.69 Å². The highest BCUT2D eigenvalue weighted by molar-refractivity contribution is 6.12. The van der Waals surface area contributed by atoms with Crippen LogP contribution in [0.2, 0.25) is 0 Å². The highest BCUT2D eigenvalue weighted by atomic mass is 16.3. The lowest BCUT2D eigenvalue weighted by atomic mass is 9.92. The van der Waals surface area contributed by atoms with Gasteiger partial charge in [-0.25, -0.2) is 0 Å². The Bertz CT molecular complexity index is 1050. The van der Waals surface area contributed by atoms with E-state index in [1.807, 2.05) is 55.5 Å². The number of aromatic amines is 1. The van der Waals surface area contributed by atoms with Gasteiger partial charge in [0.2, 0.25) is 5.91 Å². The first-order valence-corrected chi connectivity index (χ1v) is 9.34. The Kier molecular flexibility index (Phi) is 4.43. The molecule has 2 aromatic carbocycles. The molecule has 3 aromatic rings. The maximum absolute atomic E-state index is 13.2. The molecule has 1 atom stereocenters. The van der Waals surface area contributed by atoms with Crippen molar-refractivity contribution in [3.05, 3.63) is 65.4 Å². The van der Waals surface area contributed by atoms with Crippen molar-refractivity contribution in [3.8, 4) is 0 Å². The van der Waals surface area contributed by atoms with Crippen LogP contribution in [-0.2, 0) is 10.4 Å². The number of aryl methyl sites for hydroxylation is 1. The van der Waals surface area contributed by atoms with Crippen molar-refractivity contribution in [2.45, 2.75) is 25.9 Å². The summed E-state index contributed by atoms with van der Waals surface area (Å²) in [6, 6.07) is 15.2. The molecule has 28 heavy (non-hydrogen) atoms. The molecule has 2 amide bonds. The molecule has 0 aliphatic carbocycles. The quantitative estimate of drug-likeness (QED) is 0.655. The van der Waals surface area contributed by atoms with Gasteiger partial charge in [-0.05, 0) is 25.0 Å². The zero-order valence-electron chi connectivity index (χ0n) is 16.0. The molecule has 1 saturated heterocycles. The number of hydrogen-bond donors (Lipinski definition) is 3. The van der Waals surface area contributed by atoms with E-state index >= 15 is 0 Å². The minimum Gasteiger partial charge on any atom is -0.383 e. The van der Waals surface area contributed by atoms with E-state index in [1.54, 1.807) is 4.90 Å². The number of carbonyl (C=O) groups excluding carboxylic acids is 2. The van der Waals surface area contributed by atoms with E-state index in [0.29, 0.717) is 24.3 Å². The number of aromatic nitrogens is 1. The number of fused-ring (bicyclic) bond motifs is 1. The molecule has 0 bridgehead atoms. The molecule has 3 N–H and O–H groups in total. The molecule has 0 saturated carbocycles. The van der Waals surface area contributed by atoms with Gasteiger partial charge in [-0.1, -0.05) is 48.0 Å². The van der Waals surface area contributed by atoms with Gasteiger partial charge in [0.15, 0.2) is 0 Å². The number of likely N-dealkylation sites (tertiary alicyclic amines) is 1. The Balaban J connectivity index is 1.65. The van der Waals surface area contributed by atoms with Crippen LogP contribution in [0.15, 0.2) is 48.5 Å². The number of carbonyl (C=O) groups is 2. The Morgan fingerprint density at radius 3 is 2.57 bits per heavy atom. The molecule has 0 unspecified atom stereocenters. The second kappa shape index (κ2) is 6.80. The number of nitrogens with zero attached hydrogens (tertiary/aromatic N) is 1. The number of nitrogens with one attached hydrogen (secondary N) is 2. The molecular formula is C22H23N3O3. The molecule has 0 radical (unpaired) electrons. The van der Waals surface area contributed by atoms with E-state index in [4.69, 9.17) is 0 Å². The van der Waals surface area contributed by atoms with Crippen molar-refractivity contribution in [1.82, 2.24) is 9.88 Å². The predicted octanol–water partition coefficient (Wildman–Crippen LogP) is 3.17. The third-order valence-corrected chi connectivity index (χ3v) is 5.34. The van der Waals surface area contributed by atoms with Gasteiger partial charge >= 0.3 is 0 Å². The minimum absolute atomic E-state index is 0.212. The summed E-state index contributed by atoms with van der Waals surface area (Å²) in [4.78, 5) is 29.7. The molecule has 0 spiro atoms. The highest BCUT2D eigenvalue weighted by Crippen LogP contribution is 2.35. The van der Waals surface area contributed by atoms with Crippen molar-refractivity contribution in [2.75, 3.05) is 18.4 Å². The number of para-hydroxylation sites is 1. The van der Waals surface area contributed by atoms with Crippen molar-refractivity contribution in [2.24, 2.45) is 0 Å². The molecule has 1 fully saturated rings. The van der Waals surface area contributed by atoms with Crippen LogP contribution in [-0.4, -0.2) is 39.9 Å². The summed E-state index contributed by atoms with van der Waals surface area (Å²) in [5, 5.41) is 14.7. The number of anilines is 1. The van der Waals surface area contributed by atoms with E-state index in [2.05, 4.69) is 10.3 Å². The zero-order valence-corrected chi connectivity index (χ0v) is 16.0. The van der Waals surface area contributed by atoms with Gasteiger partial charge in [-0.15, -0.1) is 0 Å². The van der Waals surface area contributed by atoms with E-state index in [1.165, 1.54) is 6.92 Å². The number of H-pyrrole nitrogens is 1. The Morgan fingerprint density at radius 1 is 1.14 bits per heavy atom. The first-order chi connectivity index (χ1) is 13.4. The summed E-state index contributed by atoms with van der Waals surface area (Å²) in [7, 11) is 0. The number of benzene rings is 2. The first-order valence-electron chi connectivity index (χ1n) is 9.34. The Hall–Kier alpha value is -3.12. The molecular weight excluding hydrogens is 354 g/mol. The Labute approximate surface area is 163 Å². The van der Waals surface area contributed by atoms with Crippen LogP contribution >= 0.6 is 0 Å². The largest absolute Gasteiger partial charge is 0.383 e. The van der Waals surface area contributed by atoms with Gasteiger partial charge < -0.3 is 20.3 Å². The fourth-order valence-electron chi connectivity index (χ4n) is 3.83. The SMILES string of the molecule is CC(=O)Nc1c(C(=O)N2CC[C@@](O)(c3ccc(C)cc3)C2)[nH]c2ccccc12. The average molecular weight is 377 g/mol. The van der Waals surface area contributed by atoms with Gasteiger partial charge in [0.05, 0.1) is 12.2 Å². The van der Waals surface area contributed by atoms with Crippen molar-refractivity contribution >= 4 is 28.4 Å². The zero-order chi connectivity index (χ0) is 19.9. The summed E-state index contributed by atoms with van der Waals surface area (Å²) < 4.78 is 0. The number of aliphatic hydroxyl groups is 1. The van der Waals surface area contributed by atoms with Crippen LogP contribution < -0.4 is 5.32 Å². The topological polar surface area (TPSA) is 85.4 Å². The monoisotopic (exact) mass is 377 g/mol. The van der Waals surface area contributed by atoms with Crippen molar-refractivity contribution in [1.29, 1.82) is 0 Å². The van der Waals surface area contributed by atoms with Crippen LogP contribution in [0.5, 0.6) is 0 Å². The van der Waals surface area contributed by atoms with Crippen LogP contribution in [0, 0.1) is 6.92 Å². The van der Waals surface area contributed by atoms with Crippen LogP contribution in [0.3, 0.4) is 0 Å². The standard InChI is InChI=1S/C22H23N3O3/c1-14-7-9-16(10-8-14)22(28)11-12-25(13-22)21(27)20-19(23-15(2)26)17-5-3-4-6-18(17)24-20/h3-10,24,28H,11-13H2,1-2H3,(H,23,26)/t22-/m0/s1. The second-order valence-electron chi connectivity index (χ2n) is 7.48. The molecule has 1 aliphatic rings. The van der Waals surface area contributed by atoms with Crippen LogP contribution in [0.25, 0.3) is 10.9 Å². The molecule has 2 heterocycles. The number of hydrogen-bond acceptors (Lipinski definition) is 3. The summed E-state index contributed by atoms with van der Waals surface area (Å²) in [5.74, 6) is -0.473. The summed E-state index contributed by atoms with van der Waals surface area (Å²) in [6.07, 6.45) is 0.470. The lowest BCUT2D eigenvalue weighted by Gasteiger charge is -2.24. The van der Waals surface area contributed by atoms with Gasteiger partial charge in [0, 0.05) is 24.4 Å². The van der Waals surface area contributed by atoms with Gasteiger partial charge in [0.25, 0.3) is 5.91 Å². The fourth-order valence-corrected chi connectivity index (χ4v) is 3.83. The summed E-state index contributed by atoms with van der Waals surface area (Å²) in [5.41, 5.74) is 2.47. The smallest absolute Gasteiger partial charge is 0.272 e. The normalized spacial score (nSPS) is 19.2. The molecule has 6 heteroatoms. The second-order valence-corrected chi connectivity index (χ2v) is 7.48. The van der Waals surface area contributed by atoms with Crippen molar-refractivity contribution < 1.29 is 14.7 Å². The first kappa shape index (κ1) is 18.3. The molecule has 1 aromatic heterocycles. The number of β-amino-alcohol motifs (C(OH)–C–C–N with tert-alkyl or cyclic N) is 1. The molecule has 144 valence electrons. The summed E-state index contributed by atoms with van der Waals surface area (Å²) >= 11 is 0. The third kappa shape index (κ3) is 3.16. The van der Waals surface area contributed by atoms with E-state index < -0.39 is 5.60 Å².